The minimum absolute atomic E-state index is 0.638. The minimum atomic E-state index is 0.638. The Morgan fingerprint density at radius 2 is 2.06 bits per heavy atom. The molecule has 4 nitrogen and oxygen atoms in total. The van der Waals surface area contributed by atoms with E-state index in [1.54, 1.807) is 13.3 Å². The van der Waals surface area contributed by atoms with Gasteiger partial charge in [-0.25, -0.2) is 0 Å². The molecule has 17 heavy (non-hydrogen) atoms. The molecule has 0 amide bonds. The minimum Gasteiger partial charge on any atom is -0.380 e. The number of ether oxygens (including phenoxy) is 1. The highest BCUT2D eigenvalue weighted by molar-refractivity contribution is 5.34. The third kappa shape index (κ3) is 3.53. The van der Waals surface area contributed by atoms with Gasteiger partial charge in [-0.3, -0.25) is 0 Å². The lowest BCUT2D eigenvalue weighted by molar-refractivity contribution is 0.185. The van der Waals surface area contributed by atoms with Crippen LogP contribution < -0.4 is 5.32 Å². The van der Waals surface area contributed by atoms with Gasteiger partial charge in [0.25, 0.3) is 0 Å². The smallest absolute Gasteiger partial charge is 0.148 e. The van der Waals surface area contributed by atoms with Crippen LogP contribution in [-0.4, -0.2) is 17.3 Å². The zero-order valence-electron chi connectivity index (χ0n) is 9.76. The summed E-state index contributed by atoms with van der Waals surface area (Å²) in [4.78, 5) is 0. The van der Waals surface area contributed by atoms with Gasteiger partial charge in [0.1, 0.15) is 5.82 Å². The summed E-state index contributed by atoms with van der Waals surface area (Å²) >= 11 is 0. The zero-order valence-corrected chi connectivity index (χ0v) is 9.76. The summed E-state index contributed by atoms with van der Waals surface area (Å²) in [7, 11) is 1.70. The first-order chi connectivity index (χ1) is 8.38. The second kappa shape index (κ2) is 5.96. The molecule has 0 fully saturated rings. The molecule has 2 rings (SSSR count). The highest BCUT2D eigenvalue weighted by atomic mass is 16.5. The molecular formula is C13H15N3O. The molecule has 0 radical (unpaired) electrons. The molecule has 4 heteroatoms. The highest BCUT2D eigenvalue weighted by Gasteiger charge is 1.97. The van der Waals surface area contributed by atoms with Crippen LogP contribution in [0.25, 0.3) is 0 Å². The van der Waals surface area contributed by atoms with E-state index in [9.17, 15) is 0 Å². The van der Waals surface area contributed by atoms with Crippen molar-refractivity contribution in [3.63, 3.8) is 0 Å². The van der Waals surface area contributed by atoms with E-state index in [0.717, 1.165) is 12.4 Å². The third-order valence-electron chi connectivity index (χ3n) is 2.35. The van der Waals surface area contributed by atoms with Gasteiger partial charge in [0.15, 0.2) is 0 Å². The topological polar surface area (TPSA) is 47.0 Å². The molecule has 1 N–H and O–H groups in total. The van der Waals surface area contributed by atoms with Crippen molar-refractivity contribution in [2.24, 2.45) is 0 Å². The third-order valence-corrected chi connectivity index (χ3v) is 2.35. The summed E-state index contributed by atoms with van der Waals surface area (Å²) < 4.78 is 5.10. The first-order valence-electron chi connectivity index (χ1n) is 5.47. The fraction of sp³-hybridized carbons (Fsp3) is 0.231. The number of hydrogen-bond donors (Lipinski definition) is 1. The van der Waals surface area contributed by atoms with Crippen molar-refractivity contribution in [2.75, 3.05) is 12.4 Å². The van der Waals surface area contributed by atoms with Crippen molar-refractivity contribution in [1.82, 2.24) is 10.2 Å². The normalized spacial score (nSPS) is 10.2. The molecule has 0 saturated heterocycles. The number of nitrogens with one attached hydrogen (secondary N) is 1. The van der Waals surface area contributed by atoms with Gasteiger partial charge in [0.05, 0.1) is 6.61 Å². The monoisotopic (exact) mass is 229 g/mol. The number of methoxy groups -OCH3 is 1. The van der Waals surface area contributed by atoms with E-state index in [0.29, 0.717) is 6.61 Å². The summed E-state index contributed by atoms with van der Waals surface area (Å²) in [5.41, 5.74) is 2.37. The zero-order chi connectivity index (χ0) is 11.9. The molecule has 0 bridgehead atoms. The van der Waals surface area contributed by atoms with Crippen molar-refractivity contribution >= 4 is 5.82 Å². The first kappa shape index (κ1) is 11.5. The number of aromatic nitrogens is 2. The Balaban J connectivity index is 1.97. The maximum Gasteiger partial charge on any atom is 0.148 e. The molecule has 0 spiro atoms. The fourth-order valence-electron chi connectivity index (χ4n) is 1.58. The fourth-order valence-corrected chi connectivity index (χ4v) is 1.58. The highest BCUT2D eigenvalue weighted by Crippen LogP contribution is 2.08. The second-order valence-corrected chi connectivity index (χ2v) is 3.72. The van der Waals surface area contributed by atoms with E-state index < -0.39 is 0 Å². The van der Waals surface area contributed by atoms with Crippen LogP contribution >= 0.6 is 0 Å². The van der Waals surface area contributed by atoms with Crippen molar-refractivity contribution < 1.29 is 4.74 Å². The van der Waals surface area contributed by atoms with Gasteiger partial charge in [-0.2, -0.15) is 5.10 Å². The predicted molar refractivity (Wildman–Crippen MR) is 66.5 cm³/mol. The van der Waals surface area contributed by atoms with Crippen molar-refractivity contribution in [3.05, 3.63) is 53.7 Å². The lowest BCUT2D eigenvalue weighted by atomic mass is 10.1. The molecular weight excluding hydrogens is 214 g/mol. The summed E-state index contributed by atoms with van der Waals surface area (Å²) in [6, 6.07) is 12.0. The van der Waals surface area contributed by atoms with Crippen LogP contribution in [0.15, 0.2) is 42.6 Å². The first-order valence-corrected chi connectivity index (χ1v) is 5.47. The average molecular weight is 229 g/mol. The van der Waals surface area contributed by atoms with Gasteiger partial charge in [-0.15, -0.1) is 5.10 Å². The SMILES string of the molecule is COCc1cccc(CNc2cccnn2)c1. The van der Waals surface area contributed by atoms with Crippen LogP contribution in [0.1, 0.15) is 11.1 Å². The molecule has 0 aliphatic heterocycles. The molecule has 2 aromatic rings. The summed E-state index contributed by atoms with van der Waals surface area (Å²) in [5.74, 6) is 0.782. The molecule has 0 aliphatic rings. The van der Waals surface area contributed by atoms with Crippen LogP contribution in [0.5, 0.6) is 0 Å². The summed E-state index contributed by atoms with van der Waals surface area (Å²) in [6.45, 7) is 1.37. The van der Waals surface area contributed by atoms with Crippen molar-refractivity contribution in [3.8, 4) is 0 Å². The molecule has 88 valence electrons. The van der Waals surface area contributed by atoms with Crippen LogP contribution in [0.4, 0.5) is 5.82 Å². The van der Waals surface area contributed by atoms with E-state index in [1.165, 1.54) is 11.1 Å². The standard InChI is InChI=1S/C13H15N3O/c1-17-10-12-5-2-4-11(8-12)9-14-13-6-3-7-15-16-13/h2-8H,9-10H2,1H3,(H,14,16). The van der Waals surface area contributed by atoms with Crippen LogP contribution in [0.2, 0.25) is 0 Å². The molecule has 1 aromatic carbocycles. The Bertz CT molecular complexity index is 459. The second-order valence-electron chi connectivity index (χ2n) is 3.72. The van der Waals surface area contributed by atoms with Gasteiger partial charge in [0.2, 0.25) is 0 Å². The number of hydrogen-bond acceptors (Lipinski definition) is 4. The lowest BCUT2D eigenvalue weighted by Crippen LogP contribution is -2.02. The lowest BCUT2D eigenvalue weighted by Gasteiger charge is -2.06. The molecule has 0 unspecified atom stereocenters. The largest absolute Gasteiger partial charge is 0.380 e. The summed E-state index contributed by atoms with van der Waals surface area (Å²) in [6.07, 6.45) is 1.66. The van der Waals surface area contributed by atoms with E-state index in [1.807, 2.05) is 18.2 Å². The number of benzene rings is 1. The number of rotatable bonds is 5. The van der Waals surface area contributed by atoms with E-state index >= 15 is 0 Å². The van der Waals surface area contributed by atoms with Gasteiger partial charge >= 0.3 is 0 Å². The van der Waals surface area contributed by atoms with Gasteiger partial charge < -0.3 is 10.1 Å². The van der Waals surface area contributed by atoms with E-state index in [4.69, 9.17) is 4.74 Å². The van der Waals surface area contributed by atoms with Crippen LogP contribution in [0.3, 0.4) is 0 Å². The average Bonchev–Trinajstić information content (AvgIpc) is 2.39. The van der Waals surface area contributed by atoms with Crippen LogP contribution in [0, 0.1) is 0 Å². The van der Waals surface area contributed by atoms with E-state index in [-0.39, 0.29) is 0 Å². The molecule has 0 aliphatic carbocycles. The maximum atomic E-state index is 5.10. The van der Waals surface area contributed by atoms with Gasteiger partial charge in [-0.1, -0.05) is 24.3 Å². The van der Waals surface area contributed by atoms with E-state index in [2.05, 4.69) is 33.7 Å². The number of nitrogens with zero attached hydrogens (tertiary/aromatic N) is 2. The van der Waals surface area contributed by atoms with Gasteiger partial charge in [0, 0.05) is 19.9 Å². The summed E-state index contributed by atoms with van der Waals surface area (Å²) in [5, 5.41) is 11.0. The molecule has 0 atom stereocenters. The Labute approximate surface area is 101 Å². The van der Waals surface area contributed by atoms with Crippen molar-refractivity contribution in [1.29, 1.82) is 0 Å². The molecule has 1 aromatic heterocycles. The number of anilines is 1. The quantitative estimate of drug-likeness (QED) is 0.854. The Morgan fingerprint density at radius 1 is 1.18 bits per heavy atom. The Kier molecular flexibility index (Phi) is 4.05. The van der Waals surface area contributed by atoms with Crippen molar-refractivity contribution in [2.45, 2.75) is 13.2 Å². The molecule has 0 saturated carbocycles. The Morgan fingerprint density at radius 3 is 2.82 bits per heavy atom. The maximum absolute atomic E-state index is 5.10. The molecule has 1 heterocycles. The van der Waals surface area contributed by atoms with Crippen LogP contribution in [-0.2, 0) is 17.9 Å². The Hall–Kier alpha value is -1.94. The predicted octanol–water partition coefficient (Wildman–Crippen LogP) is 2.24. The van der Waals surface area contributed by atoms with Gasteiger partial charge in [-0.05, 0) is 23.3 Å².